The molecule has 0 saturated heterocycles. The molecule has 2 aromatic carbocycles. The molecule has 0 aromatic heterocycles. The van der Waals surface area contributed by atoms with Gasteiger partial charge in [-0.1, -0.05) is 28.8 Å². The van der Waals surface area contributed by atoms with Crippen molar-refractivity contribution in [2.24, 2.45) is 0 Å². The van der Waals surface area contributed by atoms with Crippen LogP contribution < -0.4 is 4.72 Å². The fraction of sp³-hybridized carbons (Fsp3) is 0.167. The van der Waals surface area contributed by atoms with Gasteiger partial charge in [-0.2, -0.15) is 13.2 Å². The average Bonchev–Trinajstić information content (AvgIpc) is 2.92. The zero-order valence-electron chi connectivity index (χ0n) is 15.3. The lowest BCUT2D eigenvalue weighted by atomic mass is 10.1. The Hall–Kier alpha value is -2.96. The van der Waals surface area contributed by atoms with Crippen molar-refractivity contribution in [2.45, 2.75) is 17.5 Å². The third kappa shape index (κ3) is 4.70. The van der Waals surface area contributed by atoms with Gasteiger partial charge in [0, 0.05) is 6.54 Å². The summed E-state index contributed by atoms with van der Waals surface area (Å²) in [5.41, 5.74) is -1.24. The number of amides is 2. The molecule has 0 unspecified atom stereocenters. The summed E-state index contributed by atoms with van der Waals surface area (Å²) in [6.07, 6.45) is -5.47. The van der Waals surface area contributed by atoms with Crippen LogP contribution in [-0.4, -0.2) is 37.8 Å². The minimum absolute atomic E-state index is 0.0456. The molecule has 0 fully saturated rings. The van der Waals surface area contributed by atoms with Gasteiger partial charge in [-0.05, 0) is 30.3 Å². The van der Waals surface area contributed by atoms with E-state index in [0.29, 0.717) is 6.07 Å². The van der Waals surface area contributed by atoms with Crippen LogP contribution in [0, 0.1) is 0 Å². The summed E-state index contributed by atoms with van der Waals surface area (Å²) in [4.78, 5) is 40.2. The topological polar surface area (TPSA) is 110 Å². The molecule has 164 valence electrons. The lowest BCUT2D eigenvalue weighted by Gasteiger charge is -2.13. The SMILES string of the molecule is O=C(CCNS(=O)(=O)c1ccc(Cl)c(C(F)(F)F)c1)ON1C(=O)c2ccccc2C1=O. The van der Waals surface area contributed by atoms with E-state index in [2.05, 4.69) is 0 Å². The highest BCUT2D eigenvalue weighted by Crippen LogP contribution is 2.35. The van der Waals surface area contributed by atoms with E-state index in [1.807, 2.05) is 4.72 Å². The average molecular weight is 477 g/mol. The van der Waals surface area contributed by atoms with Crippen molar-refractivity contribution in [3.63, 3.8) is 0 Å². The summed E-state index contributed by atoms with van der Waals surface area (Å²) >= 11 is 5.46. The number of hydrogen-bond donors (Lipinski definition) is 1. The van der Waals surface area contributed by atoms with Gasteiger partial charge in [0.15, 0.2) is 0 Å². The number of nitrogens with zero attached hydrogens (tertiary/aromatic N) is 1. The zero-order chi connectivity index (χ0) is 23.0. The summed E-state index contributed by atoms with van der Waals surface area (Å²) < 4.78 is 65.1. The number of sulfonamides is 1. The number of imide groups is 1. The van der Waals surface area contributed by atoms with Crippen molar-refractivity contribution in [2.75, 3.05) is 6.54 Å². The summed E-state index contributed by atoms with van der Waals surface area (Å²) in [6, 6.07) is 7.81. The van der Waals surface area contributed by atoms with Crippen molar-refractivity contribution in [3.05, 3.63) is 64.2 Å². The largest absolute Gasteiger partial charge is 0.417 e. The Balaban J connectivity index is 1.61. The predicted octanol–water partition coefficient (Wildman–Crippen LogP) is 2.78. The van der Waals surface area contributed by atoms with Crippen molar-refractivity contribution < 1.29 is 40.8 Å². The van der Waals surface area contributed by atoms with Gasteiger partial charge >= 0.3 is 12.1 Å². The summed E-state index contributed by atoms with van der Waals surface area (Å²) in [6.45, 7) is -0.561. The second-order valence-corrected chi connectivity index (χ2v) is 8.37. The van der Waals surface area contributed by atoms with Crippen molar-refractivity contribution in [3.8, 4) is 0 Å². The van der Waals surface area contributed by atoms with Crippen LogP contribution in [0.15, 0.2) is 47.4 Å². The molecule has 3 rings (SSSR count). The smallest absolute Gasteiger partial charge is 0.330 e. The molecule has 0 radical (unpaired) electrons. The maximum absolute atomic E-state index is 12.9. The Morgan fingerprint density at radius 2 is 1.65 bits per heavy atom. The Labute approximate surface area is 178 Å². The third-order valence-electron chi connectivity index (χ3n) is 4.12. The Morgan fingerprint density at radius 3 is 2.19 bits per heavy atom. The number of carbonyl (C=O) groups excluding carboxylic acids is 3. The lowest BCUT2D eigenvalue weighted by molar-refractivity contribution is -0.168. The second-order valence-electron chi connectivity index (χ2n) is 6.20. The van der Waals surface area contributed by atoms with Gasteiger partial charge in [0.05, 0.1) is 33.0 Å². The molecule has 1 N–H and O–H groups in total. The molecule has 1 heterocycles. The van der Waals surface area contributed by atoms with E-state index in [1.165, 1.54) is 24.3 Å². The van der Waals surface area contributed by atoms with Crippen LogP contribution in [0.1, 0.15) is 32.7 Å². The Bertz CT molecular complexity index is 1150. The number of hydroxylamine groups is 2. The molecular weight excluding hydrogens is 465 g/mol. The lowest BCUT2D eigenvalue weighted by Crippen LogP contribution is -2.34. The van der Waals surface area contributed by atoms with Crippen LogP contribution in [-0.2, 0) is 25.8 Å². The number of halogens is 4. The summed E-state index contributed by atoms with van der Waals surface area (Å²) in [5, 5.41) is -0.410. The fourth-order valence-corrected chi connectivity index (χ4v) is 3.94. The first-order valence-electron chi connectivity index (χ1n) is 8.47. The molecule has 8 nitrogen and oxygen atoms in total. The standard InChI is InChI=1S/C18H12ClF3N2O6S/c19-14-6-5-10(9-13(14)18(20,21)22)31(28,29)23-8-7-15(25)30-24-16(26)11-3-1-2-4-12(11)17(24)27/h1-6,9,23H,7-8H2. The second kappa shape index (κ2) is 8.29. The van der Waals surface area contributed by atoms with E-state index < -0.39 is 62.4 Å². The first-order chi connectivity index (χ1) is 14.4. The maximum Gasteiger partial charge on any atom is 0.417 e. The number of alkyl halides is 3. The highest BCUT2D eigenvalue weighted by Gasteiger charge is 2.38. The Morgan fingerprint density at radius 1 is 1.06 bits per heavy atom. The van der Waals surface area contributed by atoms with Gasteiger partial charge in [0.1, 0.15) is 0 Å². The molecule has 1 aliphatic heterocycles. The zero-order valence-corrected chi connectivity index (χ0v) is 16.8. The van der Waals surface area contributed by atoms with E-state index in [1.54, 1.807) is 0 Å². The van der Waals surface area contributed by atoms with Crippen molar-refractivity contribution in [1.82, 2.24) is 9.79 Å². The number of hydrogen-bond acceptors (Lipinski definition) is 6. The highest BCUT2D eigenvalue weighted by atomic mass is 35.5. The normalized spacial score (nSPS) is 14.0. The highest BCUT2D eigenvalue weighted by molar-refractivity contribution is 7.89. The van der Waals surface area contributed by atoms with Crippen LogP contribution in [0.3, 0.4) is 0 Å². The van der Waals surface area contributed by atoms with E-state index in [-0.39, 0.29) is 16.2 Å². The predicted molar refractivity (Wildman–Crippen MR) is 99.3 cm³/mol. The van der Waals surface area contributed by atoms with Crippen LogP contribution in [0.5, 0.6) is 0 Å². The van der Waals surface area contributed by atoms with E-state index >= 15 is 0 Å². The van der Waals surface area contributed by atoms with Crippen LogP contribution in [0.25, 0.3) is 0 Å². The number of nitrogens with one attached hydrogen (secondary N) is 1. The molecule has 2 amide bonds. The van der Waals surface area contributed by atoms with Crippen LogP contribution in [0.4, 0.5) is 13.2 Å². The minimum Gasteiger partial charge on any atom is -0.330 e. The fourth-order valence-electron chi connectivity index (χ4n) is 2.66. The van der Waals surface area contributed by atoms with Gasteiger partial charge in [-0.25, -0.2) is 17.9 Å². The molecule has 31 heavy (non-hydrogen) atoms. The van der Waals surface area contributed by atoms with Gasteiger partial charge in [0.2, 0.25) is 10.0 Å². The molecular formula is C18H12ClF3N2O6S. The summed E-state index contributed by atoms with van der Waals surface area (Å²) in [5.74, 6) is -2.81. The third-order valence-corrected chi connectivity index (χ3v) is 5.91. The minimum atomic E-state index is -4.86. The van der Waals surface area contributed by atoms with Gasteiger partial charge in [-0.15, -0.1) is 0 Å². The van der Waals surface area contributed by atoms with Gasteiger partial charge < -0.3 is 4.84 Å². The molecule has 13 heteroatoms. The van der Waals surface area contributed by atoms with Gasteiger partial charge in [0.25, 0.3) is 11.8 Å². The molecule has 0 atom stereocenters. The molecule has 2 aromatic rings. The summed E-state index contributed by atoms with van der Waals surface area (Å²) in [7, 11) is -4.41. The molecule has 1 aliphatic rings. The monoisotopic (exact) mass is 476 g/mol. The first kappa shape index (κ1) is 22.7. The molecule has 0 aliphatic carbocycles. The van der Waals surface area contributed by atoms with Gasteiger partial charge in [-0.3, -0.25) is 9.59 Å². The van der Waals surface area contributed by atoms with E-state index in [4.69, 9.17) is 16.4 Å². The van der Waals surface area contributed by atoms with Crippen LogP contribution >= 0.6 is 11.6 Å². The van der Waals surface area contributed by atoms with Crippen molar-refractivity contribution >= 4 is 39.4 Å². The van der Waals surface area contributed by atoms with E-state index in [0.717, 1.165) is 12.1 Å². The number of fused-ring (bicyclic) bond motifs is 1. The van der Waals surface area contributed by atoms with E-state index in [9.17, 15) is 36.0 Å². The quantitative estimate of drug-likeness (QED) is 0.642. The number of benzene rings is 2. The molecule has 0 saturated carbocycles. The molecule has 0 bridgehead atoms. The number of carbonyl (C=O) groups is 3. The Kier molecular flexibility index (Phi) is 6.07. The number of rotatable bonds is 6. The first-order valence-corrected chi connectivity index (χ1v) is 10.3. The maximum atomic E-state index is 12.9. The van der Waals surface area contributed by atoms with Crippen LogP contribution in [0.2, 0.25) is 5.02 Å². The molecule has 0 spiro atoms. The van der Waals surface area contributed by atoms with Crippen molar-refractivity contribution in [1.29, 1.82) is 0 Å².